The SMILES string of the molecule is CC(=O)O[C@@H]1[C@@H](CO[P@](=O)(N[C@H](C)C(=O)OC(C)C)Oc2ccccc2)O[C@@H](n2ccc(=O)[nH]c2=O)[C@]1(C)C#N. The predicted octanol–water partition coefficient (Wildman–Crippen LogP) is 2.03. The van der Waals surface area contributed by atoms with Crippen molar-refractivity contribution in [2.45, 2.75) is 65.2 Å². The second-order valence-corrected chi connectivity index (χ2v) is 11.2. The quantitative estimate of drug-likeness (QED) is 0.292. The molecule has 1 aliphatic heterocycles. The highest BCUT2D eigenvalue weighted by Gasteiger charge is 2.58. The fraction of sp³-hybridized carbons (Fsp3) is 0.480. The Hall–Kier alpha value is -3.76. The van der Waals surface area contributed by atoms with E-state index in [1.807, 2.05) is 6.07 Å². The number of nitriles is 1. The molecule has 0 amide bonds. The highest BCUT2D eigenvalue weighted by atomic mass is 31.2. The Kier molecular flexibility index (Phi) is 9.70. The number of ether oxygens (including phenoxy) is 3. The van der Waals surface area contributed by atoms with Gasteiger partial charge in [0.15, 0.2) is 12.3 Å². The Morgan fingerprint density at radius 1 is 1.23 bits per heavy atom. The van der Waals surface area contributed by atoms with Crippen molar-refractivity contribution in [2.75, 3.05) is 6.61 Å². The first-order valence-electron chi connectivity index (χ1n) is 12.3. The van der Waals surface area contributed by atoms with Gasteiger partial charge in [0.2, 0.25) is 0 Å². The first-order chi connectivity index (χ1) is 18.8. The molecule has 2 N–H and O–H groups in total. The minimum Gasteiger partial charge on any atom is -0.462 e. The van der Waals surface area contributed by atoms with E-state index in [2.05, 4.69) is 10.1 Å². The van der Waals surface area contributed by atoms with Gasteiger partial charge in [0, 0.05) is 19.2 Å². The Morgan fingerprint density at radius 2 is 1.90 bits per heavy atom. The zero-order valence-electron chi connectivity index (χ0n) is 22.6. The van der Waals surface area contributed by atoms with E-state index in [-0.39, 0.29) is 5.75 Å². The first kappa shape index (κ1) is 30.8. The summed E-state index contributed by atoms with van der Waals surface area (Å²) in [6, 6.07) is 10.0. The van der Waals surface area contributed by atoms with Gasteiger partial charge in [-0.1, -0.05) is 18.2 Å². The van der Waals surface area contributed by atoms with Crippen molar-refractivity contribution in [1.82, 2.24) is 14.6 Å². The molecule has 2 aromatic rings. The van der Waals surface area contributed by atoms with Gasteiger partial charge >= 0.3 is 25.4 Å². The van der Waals surface area contributed by atoms with Crippen LogP contribution in [0.15, 0.2) is 52.2 Å². The maximum Gasteiger partial charge on any atom is 0.459 e. The fourth-order valence-corrected chi connectivity index (χ4v) is 5.50. The smallest absolute Gasteiger partial charge is 0.459 e. The van der Waals surface area contributed by atoms with Gasteiger partial charge in [-0.3, -0.25) is 28.5 Å². The summed E-state index contributed by atoms with van der Waals surface area (Å²) >= 11 is 0. The Balaban J connectivity index is 1.93. The lowest BCUT2D eigenvalue weighted by atomic mass is 9.83. The summed E-state index contributed by atoms with van der Waals surface area (Å²) in [5.41, 5.74) is -3.17. The molecular formula is C25H31N4O10P. The lowest BCUT2D eigenvalue weighted by molar-refractivity contribution is -0.153. The largest absolute Gasteiger partial charge is 0.462 e. The van der Waals surface area contributed by atoms with Crippen LogP contribution >= 0.6 is 7.75 Å². The molecule has 0 unspecified atom stereocenters. The molecule has 1 aromatic carbocycles. The van der Waals surface area contributed by atoms with Crippen LogP contribution in [-0.4, -0.2) is 52.5 Å². The van der Waals surface area contributed by atoms with E-state index in [1.165, 1.54) is 26.0 Å². The third-order valence-electron chi connectivity index (χ3n) is 5.82. The van der Waals surface area contributed by atoms with Crippen LogP contribution in [0.4, 0.5) is 0 Å². The molecule has 6 atom stereocenters. The molecule has 216 valence electrons. The van der Waals surface area contributed by atoms with Gasteiger partial charge in [0.25, 0.3) is 5.56 Å². The first-order valence-corrected chi connectivity index (χ1v) is 13.8. The minimum atomic E-state index is -4.34. The number of hydrogen-bond acceptors (Lipinski definition) is 11. The van der Waals surface area contributed by atoms with Crippen molar-refractivity contribution < 1.29 is 37.4 Å². The van der Waals surface area contributed by atoms with Crippen molar-refractivity contribution in [1.29, 1.82) is 5.26 Å². The maximum atomic E-state index is 13.9. The van der Waals surface area contributed by atoms with E-state index in [4.69, 9.17) is 23.3 Å². The molecule has 2 heterocycles. The molecule has 1 aromatic heterocycles. The normalized spacial score (nSPS) is 24.5. The molecular weight excluding hydrogens is 547 g/mol. The van der Waals surface area contributed by atoms with Crippen molar-refractivity contribution in [2.24, 2.45) is 5.41 Å². The van der Waals surface area contributed by atoms with Crippen LogP contribution in [0, 0.1) is 16.7 Å². The number of nitrogens with one attached hydrogen (secondary N) is 2. The molecule has 1 saturated heterocycles. The van der Waals surface area contributed by atoms with Crippen molar-refractivity contribution >= 4 is 19.7 Å². The van der Waals surface area contributed by atoms with Gasteiger partial charge in [0.1, 0.15) is 23.3 Å². The number of aromatic amines is 1. The van der Waals surface area contributed by atoms with Crippen LogP contribution in [0.5, 0.6) is 5.75 Å². The third kappa shape index (κ3) is 7.25. The number of rotatable bonds is 11. The number of carbonyl (C=O) groups is 2. The van der Waals surface area contributed by atoms with Gasteiger partial charge in [-0.2, -0.15) is 10.3 Å². The summed E-state index contributed by atoms with van der Waals surface area (Å²) < 4.78 is 42.7. The maximum absolute atomic E-state index is 13.9. The van der Waals surface area contributed by atoms with Crippen LogP contribution < -0.4 is 20.9 Å². The molecule has 0 radical (unpaired) electrons. The van der Waals surface area contributed by atoms with Gasteiger partial charge in [-0.05, 0) is 39.8 Å². The van der Waals surface area contributed by atoms with Crippen LogP contribution in [0.1, 0.15) is 40.8 Å². The van der Waals surface area contributed by atoms with Crippen molar-refractivity contribution in [3.05, 3.63) is 63.4 Å². The number of H-pyrrole nitrogens is 1. The standard InChI is InChI=1S/C25H31N4O10P/c1-15(2)36-22(32)16(3)28-40(34,39-18-9-7-6-8-10-18)35-13-19-21(37-17(4)30)25(5,14-26)23(38-19)29-12-11-20(31)27-24(29)33/h6-12,15-16,19,21,23H,13H2,1-5H3,(H,28,34)(H,27,31,33)/t16-,19-,21-,23-,25-,40-/m1/s1. The van der Waals surface area contributed by atoms with Crippen LogP contribution in [0.2, 0.25) is 0 Å². The summed E-state index contributed by atoms with van der Waals surface area (Å²) in [5.74, 6) is -1.30. The molecule has 1 aliphatic rings. The fourth-order valence-electron chi connectivity index (χ4n) is 4.00. The molecule has 0 aliphatic carbocycles. The van der Waals surface area contributed by atoms with Crippen molar-refractivity contribution in [3.8, 4) is 11.8 Å². The van der Waals surface area contributed by atoms with E-state index in [0.717, 1.165) is 23.8 Å². The topological polar surface area (TPSA) is 188 Å². The number of hydrogen-bond donors (Lipinski definition) is 2. The number of esters is 2. The van der Waals surface area contributed by atoms with Gasteiger partial charge in [0.05, 0.1) is 18.8 Å². The van der Waals surface area contributed by atoms with Crippen LogP contribution in [-0.2, 0) is 32.9 Å². The summed E-state index contributed by atoms with van der Waals surface area (Å²) in [6.07, 6.45) is -3.15. The number of para-hydroxylation sites is 1. The summed E-state index contributed by atoms with van der Waals surface area (Å²) in [5, 5.41) is 12.6. The summed E-state index contributed by atoms with van der Waals surface area (Å²) in [7, 11) is -4.34. The zero-order chi connectivity index (χ0) is 29.7. The molecule has 40 heavy (non-hydrogen) atoms. The number of benzene rings is 1. The van der Waals surface area contributed by atoms with E-state index in [9.17, 15) is 29.0 Å². The lowest BCUT2D eigenvalue weighted by Gasteiger charge is -2.29. The van der Waals surface area contributed by atoms with E-state index < -0.39 is 73.5 Å². The monoisotopic (exact) mass is 578 g/mol. The molecule has 3 rings (SSSR count). The summed E-state index contributed by atoms with van der Waals surface area (Å²) in [4.78, 5) is 50.5. The van der Waals surface area contributed by atoms with E-state index in [1.54, 1.807) is 32.0 Å². The molecule has 14 nitrogen and oxygen atoms in total. The minimum absolute atomic E-state index is 0.158. The number of carbonyl (C=O) groups excluding carboxylic acids is 2. The van der Waals surface area contributed by atoms with E-state index in [0.29, 0.717) is 0 Å². The predicted molar refractivity (Wildman–Crippen MR) is 139 cm³/mol. The summed E-state index contributed by atoms with van der Waals surface area (Å²) in [6.45, 7) is 6.70. The van der Waals surface area contributed by atoms with Gasteiger partial charge in [-0.15, -0.1) is 0 Å². The molecule has 15 heteroatoms. The highest BCUT2D eigenvalue weighted by Crippen LogP contribution is 2.49. The zero-order valence-corrected chi connectivity index (χ0v) is 23.5. The van der Waals surface area contributed by atoms with Crippen molar-refractivity contribution in [3.63, 3.8) is 0 Å². The Bertz CT molecular complexity index is 1420. The Morgan fingerprint density at radius 3 is 2.48 bits per heavy atom. The number of nitrogens with zero attached hydrogens (tertiary/aromatic N) is 2. The van der Waals surface area contributed by atoms with Crippen LogP contribution in [0.3, 0.4) is 0 Å². The molecule has 1 fully saturated rings. The highest BCUT2D eigenvalue weighted by molar-refractivity contribution is 7.52. The average Bonchev–Trinajstić information content (AvgIpc) is 3.14. The lowest BCUT2D eigenvalue weighted by Crippen LogP contribution is -2.43. The Labute approximate surface area is 229 Å². The molecule has 0 spiro atoms. The third-order valence-corrected chi connectivity index (χ3v) is 7.46. The molecule has 0 saturated carbocycles. The van der Waals surface area contributed by atoms with Crippen LogP contribution in [0.25, 0.3) is 0 Å². The van der Waals surface area contributed by atoms with Gasteiger partial charge in [-0.25, -0.2) is 9.36 Å². The van der Waals surface area contributed by atoms with Gasteiger partial charge < -0.3 is 18.7 Å². The molecule has 0 bridgehead atoms. The number of aromatic nitrogens is 2. The van der Waals surface area contributed by atoms with E-state index >= 15 is 0 Å². The average molecular weight is 579 g/mol. The second-order valence-electron chi connectivity index (χ2n) is 9.50. The second kappa shape index (κ2) is 12.6.